The standard InChI is InChI=1S/C10H15N3O3S/c1-4-13(3)8(14)6(2)11-10-12-7(5-17-10)9(15)16/h5-6H,4H2,1-3H3,(H,11,12)(H,15,16). The Kier molecular flexibility index (Phi) is 4.45. The van der Waals surface area contributed by atoms with Crippen LogP contribution in [0.5, 0.6) is 0 Å². The smallest absolute Gasteiger partial charge is 0.355 e. The van der Waals surface area contributed by atoms with Crippen molar-refractivity contribution in [2.24, 2.45) is 0 Å². The van der Waals surface area contributed by atoms with E-state index in [-0.39, 0.29) is 11.6 Å². The Balaban J connectivity index is 2.64. The van der Waals surface area contributed by atoms with Crippen LogP contribution in [0.1, 0.15) is 24.3 Å². The maximum Gasteiger partial charge on any atom is 0.355 e. The lowest BCUT2D eigenvalue weighted by molar-refractivity contribution is -0.130. The molecule has 0 spiro atoms. The summed E-state index contributed by atoms with van der Waals surface area (Å²) in [6.07, 6.45) is 0. The van der Waals surface area contributed by atoms with E-state index in [2.05, 4.69) is 10.3 Å². The van der Waals surface area contributed by atoms with Gasteiger partial charge < -0.3 is 15.3 Å². The largest absolute Gasteiger partial charge is 0.476 e. The van der Waals surface area contributed by atoms with Gasteiger partial charge in [0.15, 0.2) is 10.8 Å². The molecule has 7 heteroatoms. The highest BCUT2D eigenvalue weighted by molar-refractivity contribution is 7.13. The summed E-state index contributed by atoms with van der Waals surface area (Å²) >= 11 is 1.17. The average molecular weight is 257 g/mol. The van der Waals surface area contributed by atoms with Crippen LogP contribution in [0.4, 0.5) is 5.13 Å². The molecule has 1 aromatic heterocycles. The first-order chi connectivity index (χ1) is 7.95. The number of carboxylic acids is 1. The quantitative estimate of drug-likeness (QED) is 0.826. The lowest BCUT2D eigenvalue weighted by Gasteiger charge is -2.20. The van der Waals surface area contributed by atoms with E-state index in [4.69, 9.17) is 5.11 Å². The molecule has 0 bridgehead atoms. The lowest BCUT2D eigenvalue weighted by Crippen LogP contribution is -2.38. The molecule has 0 aliphatic heterocycles. The third-order valence-electron chi connectivity index (χ3n) is 2.28. The van der Waals surface area contributed by atoms with Crippen molar-refractivity contribution in [1.29, 1.82) is 0 Å². The number of likely N-dealkylation sites (N-methyl/N-ethyl adjacent to an activating group) is 1. The van der Waals surface area contributed by atoms with Gasteiger partial charge in [-0.25, -0.2) is 9.78 Å². The highest BCUT2D eigenvalue weighted by Crippen LogP contribution is 2.16. The lowest BCUT2D eigenvalue weighted by atomic mass is 10.3. The predicted octanol–water partition coefficient (Wildman–Crippen LogP) is 1.12. The number of rotatable bonds is 5. The second-order valence-corrected chi connectivity index (χ2v) is 4.42. The Morgan fingerprint density at radius 1 is 1.65 bits per heavy atom. The van der Waals surface area contributed by atoms with Gasteiger partial charge in [0.25, 0.3) is 0 Å². The molecular weight excluding hydrogens is 242 g/mol. The van der Waals surface area contributed by atoms with Gasteiger partial charge in [-0.05, 0) is 13.8 Å². The Labute approximate surface area is 103 Å². The summed E-state index contributed by atoms with van der Waals surface area (Å²) < 4.78 is 0. The van der Waals surface area contributed by atoms with Gasteiger partial charge in [0.05, 0.1) is 0 Å². The number of hydrogen-bond acceptors (Lipinski definition) is 5. The van der Waals surface area contributed by atoms with Gasteiger partial charge in [-0.15, -0.1) is 11.3 Å². The highest BCUT2D eigenvalue weighted by atomic mass is 32.1. The second-order valence-electron chi connectivity index (χ2n) is 3.56. The third-order valence-corrected chi connectivity index (χ3v) is 3.06. The monoisotopic (exact) mass is 257 g/mol. The third kappa shape index (κ3) is 3.42. The van der Waals surface area contributed by atoms with E-state index >= 15 is 0 Å². The zero-order chi connectivity index (χ0) is 13.0. The van der Waals surface area contributed by atoms with Crippen LogP contribution < -0.4 is 5.32 Å². The van der Waals surface area contributed by atoms with Crippen LogP contribution in [0.15, 0.2) is 5.38 Å². The first-order valence-electron chi connectivity index (χ1n) is 5.16. The van der Waals surface area contributed by atoms with Crippen molar-refractivity contribution in [3.8, 4) is 0 Å². The molecule has 0 radical (unpaired) electrons. The fourth-order valence-electron chi connectivity index (χ4n) is 1.17. The van der Waals surface area contributed by atoms with Crippen molar-refractivity contribution in [2.45, 2.75) is 19.9 Å². The van der Waals surface area contributed by atoms with E-state index in [1.807, 2.05) is 6.92 Å². The zero-order valence-electron chi connectivity index (χ0n) is 9.93. The van der Waals surface area contributed by atoms with Crippen LogP contribution in [-0.4, -0.2) is 46.5 Å². The van der Waals surface area contributed by atoms with Crippen LogP contribution >= 0.6 is 11.3 Å². The summed E-state index contributed by atoms with van der Waals surface area (Å²) in [4.78, 5) is 27.8. The first-order valence-corrected chi connectivity index (χ1v) is 6.04. The van der Waals surface area contributed by atoms with Crippen molar-refractivity contribution in [3.63, 3.8) is 0 Å². The Bertz CT molecular complexity index is 419. The number of anilines is 1. The number of aromatic nitrogens is 1. The van der Waals surface area contributed by atoms with E-state index in [0.29, 0.717) is 11.7 Å². The molecule has 0 saturated heterocycles. The molecule has 0 aliphatic rings. The average Bonchev–Trinajstić information content (AvgIpc) is 2.75. The van der Waals surface area contributed by atoms with Gasteiger partial charge in [-0.1, -0.05) is 0 Å². The van der Waals surface area contributed by atoms with E-state index < -0.39 is 12.0 Å². The molecule has 1 aromatic rings. The van der Waals surface area contributed by atoms with Gasteiger partial charge >= 0.3 is 5.97 Å². The SMILES string of the molecule is CCN(C)C(=O)C(C)Nc1nc(C(=O)O)cs1. The molecule has 1 heterocycles. The molecule has 2 N–H and O–H groups in total. The normalized spacial score (nSPS) is 11.9. The van der Waals surface area contributed by atoms with Crippen molar-refractivity contribution >= 4 is 28.3 Å². The molecule has 17 heavy (non-hydrogen) atoms. The van der Waals surface area contributed by atoms with Crippen LogP contribution in [0.25, 0.3) is 0 Å². The van der Waals surface area contributed by atoms with E-state index in [1.54, 1.807) is 18.9 Å². The zero-order valence-corrected chi connectivity index (χ0v) is 10.7. The molecule has 0 aliphatic carbocycles. The number of carboxylic acid groups (broad SMARTS) is 1. The summed E-state index contributed by atoms with van der Waals surface area (Å²) in [5, 5.41) is 13.5. The van der Waals surface area contributed by atoms with Gasteiger partial charge in [0.2, 0.25) is 5.91 Å². The molecule has 0 saturated carbocycles. The van der Waals surface area contributed by atoms with Gasteiger partial charge in [0.1, 0.15) is 6.04 Å². The molecule has 1 rings (SSSR count). The minimum atomic E-state index is -1.07. The molecule has 1 unspecified atom stereocenters. The Morgan fingerprint density at radius 2 is 2.29 bits per heavy atom. The highest BCUT2D eigenvalue weighted by Gasteiger charge is 2.18. The Hall–Kier alpha value is -1.63. The van der Waals surface area contributed by atoms with Gasteiger partial charge in [0, 0.05) is 19.0 Å². The fraction of sp³-hybridized carbons (Fsp3) is 0.500. The maximum atomic E-state index is 11.7. The molecular formula is C10H15N3O3S. The molecule has 94 valence electrons. The van der Waals surface area contributed by atoms with Crippen LogP contribution in [0.3, 0.4) is 0 Å². The molecule has 1 amide bonds. The van der Waals surface area contributed by atoms with Crippen molar-refractivity contribution in [1.82, 2.24) is 9.88 Å². The van der Waals surface area contributed by atoms with Crippen LogP contribution in [-0.2, 0) is 4.79 Å². The summed E-state index contributed by atoms with van der Waals surface area (Å²) in [6.45, 7) is 4.23. The number of nitrogens with one attached hydrogen (secondary N) is 1. The minimum absolute atomic E-state index is 0.0130. The molecule has 0 aromatic carbocycles. The molecule has 0 fully saturated rings. The van der Waals surface area contributed by atoms with E-state index in [0.717, 1.165) is 0 Å². The van der Waals surface area contributed by atoms with Crippen molar-refractivity contribution in [2.75, 3.05) is 18.9 Å². The van der Waals surface area contributed by atoms with E-state index in [9.17, 15) is 9.59 Å². The summed E-state index contributed by atoms with van der Waals surface area (Å²) in [7, 11) is 1.71. The minimum Gasteiger partial charge on any atom is -0.476 e. The van der Waals surface area contributed by atoms with Crippen LogP contribution in [0, 0.1) is 0 Å². The first kappa shape index (κ1) is 13.4. The summed E-state index contributed by atoms with van der Waals surface area (Å²) in [5.41, 5.74) is -0.0130. The number of carbonyl (C=O) groups excluding carboxylic acids is 1. The predicted molar refractivity (Wildman–Crippen MR) is 65.5 cm³/mol. The summed E-state index contributed by atoms with van der Waals surface area (Å²) in [6, 6.07) is -0.423. The number of aromatic carboxylic acids is 1. The number of carbonyl (C=O) groups is 2. The van der Waals surface area contributed by atoms with E-state index in [1.165, 1.54) is 16.7 Å². The van der Waals surface area contributed by atoms with Crippen molar-refractivity contribution < 1.29 is 14.7 Å². The molecule has 6 nitrogen and oxygen atoms in total. The van der Waals surface area contributed by atoms with Gasteiger partial charge in [-0.2, -0.15) is 0 Å². The van der Waals surface area contributed by atoms with Gasteiger partial charge in [-0.3, -0.25) is 4.79 Å². The number of thiazole rings is 1. The Morgan fingerprint density at radius 3 is 2.76 bits per heavy atom. The van der Waals surface area contributed by atoms with Crippen LogP contribution in [0.2, 0.25) is 0 Å². The van der Waals surface area contributed by atoms with Crippen molar-refractivity contribution in [3.05, 3.63) is 11.1 Å². The number of hydrogen-bond donors (Lipinski definition) is 2. The number of nitrogens with zero attached hydrogens (tertiary/aromatic N) is 2. The fourth-order valence-corrected chi connectivity index (χ4v) is 1.94. The topological polar surface area (TPSA) is 82.5 Å². The summed E-state index contributed by atoms with van der Waals surface area (Å²) in [5.74, 6) is -1.13. The molecule has 1 atom stereocenters. The maximum absolute atomic E-state index is 11.7. The second kappa shape index (κ2) is 5.62. The number of amides is 1.